The molecule has 2 aliphatic heterocycles. The van der Waals surface area contributed by atoms with Crippen molar-refractivity contribution in [2.24, 2.45) is 0 Å². The Labute approximate surface area is 174 Å². The molecule has 0 aromatic heterocycles. The second-order valence-electron chi connectivity index (χ2n) is 6.61. The van der Waals surface area contributed by atoms with Gasteiger partial charge in [-0.25, -0.2) is 5.26 Å². The van der Waals surface area contributed by atoms with Gasteiger partial charge in [-0.05, 0) is 0 Å². The standard InChI is InChI=1S/C18H20O13/c1-6(12(20)11-8(31-25)3-9-17(14(11)22)28-5-27-9)29-18-16(24)15(23)13(21)10(30-18)4-26-7(2)19/h3,10,13,15-16,18,21-25H,1,4-5H2,2H3/t10?,13-,15?,16?,18-/m1/s1. The minimum atomic E-state index is -1.81. The molecule has 0 spiro atoms. The van der Waals surface area contributed by atoms with Gasteiger partial charge in [0.2, 0.25) is 24.6 Å². The van der Waals surface area contributed by atoms with Crippen LogP contribution in [-0.2, 0) is 19.0 Å². The molecule has 1 saturated heterocycles. The summed E-state index contributed by atoms with van der Waals surface area (Å²) in [5.41, 5.74) is -0.584. The van der Waals surface area contributed by atoms with Crippen LogP contribution in [0, 0.1) is 0 Å². The van der Waals surface area contributed by atoms with Crippen molar-refractivity contribution in [3.8, 4) is 23.0 Å². The van der Waals surface area contributed by atoms with E-state index in [-0.39, 0.29) is 18.3 Å². The van der Waals surface area contributed by atoms with Gasteiger partial charge in [-0.2, -0.15) is 0 Å². The lowest BCUT2D eigenvalue weighted by atomic mass is 9.99. The number of esters is 1. The van der Waals surface area contributed by atoms with E-state index in [1.165, 1.54) is 0 Å². The molecule has 0 bridgehead atoms. The normalized spacial score (nSPS) is 26.8. The molecule has 13 heteroatoms. The Morgan fingerprint density at radius 3 is 2.55 bits per heavy atom. The first-order valence-corrected chi connectivity index (χ1v) is 8.86. The molecule has 13 nitrogen and oxygen atoms in total. The van der Waals surface area contributed by atoms with E-state index in [1.54, 1.807) is 0 Å². The number of aromatic hydroxyl groups is 1. The van der Waals surface area contributed by atoms with Crippen LogP contribution in [0.15, 0.2) is 18.4 Å². The van der Waals surface area contributed by atoms with Crippen molar-refractivity contribution in [2.75, 3.05) is 13.4 Å². The number of ketones is 1. The summed E-state index contributed by atoms with van der Waals surface area (Å²) in [4.78, 5) is 27.9. The van der Waals surface area contributed by atoms with Crippen molar-refractivity contribution in [3.63, 3.8) is 0 Å². The first-order valence-electron chi connectivity index (χ1n) is 8.86. The third-order valence-corrected chi connectivity index (χ3v) is 4.56. The number of phenolic OH excluding ortho intramolecular Hbond substituents is 1. The van der Waals surface area contributed by atoms with E-state index in [0.29, 0.717) is 0 Å². The van der Waals surface area contributed by atoms with Gasteiger partial charge in [-0.3, -0.25) is 9.59 Å². The first-order chi connectivity index (χ1) is 14.6. The van der Waals surface area contributed by atoms with Crippen LogP contribution < -0.4 is 14.4 Å². The van der Waals surface area contributed by atoms with Gasteiger partial charge in [-0.1, -0.05) is 6.58 Å². The zero-order valence-electron chi connectivity index (χ0n) is 16.1. The van der Waals surface area contributed by atoms with E-state index in [2.05, 4.69) is 11.5 Å². The summed E-state index contributed by atoms with van der Waals surface area (Å²) < 4.78 is 25.3. The van der Waals surface area contributed by atoms with Crippen LogP contribution in [0.2, 0.25) is 0 Å². The van der Waals surface area contributed by atoms with E-state index in [4.69, 9.17) is 28.9 Å². The van der Waals surface area contributed by atoms with Gasteiger partial charge in [0, 0.05) is 13.0 Å². The van der Waals surface area contributed by atoms with Crippen molar-refractivity contribution in [2.45, 2.75) is 37.6 Å². The molecule has 2 aliphatic rings. The quantitative estimate of drug-likeness (QED) is 0.0865. The van der Waals surface area contributed by atoms with E-state index < -0.39 is 71.9 Å². The van der Waals surface area contributed by atoms with Crippen LogP contribution in [0.25, 0.3) is 0 Å². The SMILES string of the molecule is C=C(O[C@@H]1OC(COC(C)=O)[C@@H](O)C(O)C1O)C(=O)c1c(OO)cc2c(c1O)OCO2. The fourth-order valence-corrected chi connectivity index (χ4v) is 2.98. The molecule has 1 fully saturated rings. The Hall–Kier alpha value is -3.10. The Morgan fingerprint density at radius 1 is 1.19 bits per heavy atom. The molecular weight excluding hydrogens is 424 g/mol. The molecule has 31 heavy (non-hydrogen) atoms. The Kier molecular flexibility index (Phi) is 6.52. The molecule has 3 unspecified atom stereocenters. The monoisotopic (exact) mass is 444 g/mol. The summed E-state index contributed by atoms with van der Waals surface area (Å²) in [6.07, 6.45) is -8.19. The highest BCUT2D eigenvalue weighted by atomic mass is 17.1. The number of hydrogen-bond donors (Lipinski definition) is 5. The number of Topliss-reactive ketones (excluding diaryl/α,β-unsaturated/α-hetero) is 1. The van der Waals surface area contributed by atoms with Crippen LogP contribution >= 0.6 is 0 Å². The lowest BCUT2D eigenvalue weighted by Crippen LogP contribution is -2.59. The Morgan fingerprint density at radius 2 is 1.90 bits per heavy atom. The maximum Gasteiger partial charge on any atom is 0.302 e. The van der Waals surface area contributed by atoms with E-state index >= 15 is 0 Å². The number of ether oxygens (including phenoxy) is 5. The molecule has 0 aliphatic carbocycles. The Balaban J connectivity index is 1.79. The summed E-state index contributed by atoms with van der Waals surface area (Å²) in [7, 11) is 0. The molecule has 1 aromatic rings. The summed E-state index contributed by atoms with van der Waals surface area (Å²) >= 11 is 0. The van der Waals surface area contributed by atoms with Gasteiger partial charge in [0.1, 0.15) is 36.6 Å². The molecule has 0 amide bonds. The van der Waals surface area contributed by atoms with E-state index in [9.17, 15) is 30.0 Å². The van der Waals surface area contributed by atoms with Gasteiger partial charge in [0.25, 0.3) is 0 Å². The highest BCUT2D eigenvalue weighted by Gasteiger charge is 2.46. The van der Waals surface area contributed by atoms with Gasteiger partial charge >= 0.3 is 5.97 Å². The number of phenols is 1. The zero-order chi connectivity index (χ0) is 22.9. The van der Waals surface area contributed by atoms with E-state index in [0.717, 1.165) is 13.0 Å². The molecule has 3 rings (SSSR count). The minimum absolute atomic E-state index is 0.0149. The van der Waals surface area contributed by atoms with E-state index in [1.807, 2.05) is 0 Å². The first kappa shape index (κ1) is 22.6. The fraction of sp³-hybridized carbons (Fsp3) is 0.444. The van der Waals surface area contributed by atoms with Crippen molar-refractivity contribution in [3.05, 3.63) is 24.0 Å². The summed E-state index contributed by atoms with van der Waals surface area (Å²) in [5.74, 6) is -3.83. The molecule has 2 heterocycles. The molecule has 1 aromatic carbocycles. The smallest absolute Gasteiger partial charge is 0.302 e. The number of aliphatic hydroxyl groups is 3. The maximum absolute atomic E-state index is 12.8. The number of aliphatic hydroxyl groups excluding tert-OH is 3. The van der Waals surface area contributed by atoms with Crippen molar-refractivity contribution in [1.29, 1.82) is 0 Å². The maximum atomic E-state index is 12.8. The van der Waals surface area contributed by atoms with Crippen molar-refractivity contribution in [1.82, 2.24) is 0 Å². The van der Waals surface area contributed by atoms with Crippen LogP contribution in [0.1, 0.15) is 17.3 Å². The molecule has 0 saturated carbocycles. The predicted molar refractivity (Wildman–Crippen MR) is 95.4 cm³/mol. The summed E-state index contributed by atoms with van der Waals surface area (Å²) in [6, 6.07) is 1.09. The van der Waals surface area contributed by atoms with Gasteiger partial charge in [0.05, 0.1) is 0 Å². The van der Waals surface area contributed by atoms with Crippen molar-refractivity contribution < 1.29 is 63.8 Å². The summed E-state index contributed by atoms with van der Waals surface area (Å²) in [6.45, 7) is 3.81. The highest BCUT2D eigenvalue weighted by Crippen LogP contribution is 2.47. The average molecular weight is 444 g/mol. The number of carbonyl (C=O) groups excluding carboxylic acids is 2. The zero-order valence-corrected chi connectivity index (χ0v) is 16.1. The summed E-state index contributed by atoms with van der Waals surface area (Å²) in [5, 5.41) is 49.5. The third kappa shape index (κ3) is 4.35. The van der Waals surface area contributed by atoms with Gasteiger partial charge in [-0.15, -0.1) is 0 Å². The molecule has 5 N–H and O–H groups in total. The van der Waals surface area contributed by atoms with Gasteiger partial charge in [0.15, 0.2) is 23.0 Å². The average Bonchev–Trinajstić information content (AvgIpc) is 3.21. The molecule has 0 radical (unpaired) electrons. The second kappa shape index (κ2) is 8.95. The minimum Gasteiger partial charge on any atom is -0.504 e. The number of fused-ring (bicyclic) bond motifs is 1. The molecule has 5 atom stereocenters. The number of rotatable bonds is 7. The van der Waals surface area contributed by atoms with Crippen molar-refractivity contribution >= 4 is 11.8 Å². The number of hydrogen-bond acceptors (Lipinski definition) is 13. The molecular formula is C18H20O13. The number of benzene rings is 1. The largest absolute Gasteiger partial charge is 0.504 e. The number of carbonyl (C=O) groups is 2. The lowest BCUT2D eigenvalue weighted by Gasteiger charge is -2.39. The fourth-order valence-electron chi connectivity index (χ4n) is 2.98. The molecule has 170 valence electrons. The second-order valence-corrected chi connectivity index (χ2v) is 6.61. The predicted octanol–water partition coefficient (Wildman–Crippen LogP) is -0.944. The lowest BCUT2D eigenvalue weighted by molar-refractivity contribution is -0.290. The van der Waals surface area contributed by atoms with Crippen LogP contribution in [-0.4, -0.2) is 81.5 Å². The van der Waals surface area contributed by atoms with Crippen LogP contribution in [0.3, 0.4) is 0 Å². The third-order valence-electron chi connectivity index (χ3n) is 4.56. The Bertz CT molecular complexity index is 882. The van der Waals surface area contributed by atoms with Crippen LogP contribution in [0.4, 0.5) is 0 Å². The number of allylic oxidation sites excluding steroid dienone is 1. The van der Waals surface area contributed by atoms with Crippen LogP contribution in [0.5, 0.6) is 23.0 Å². The van der Waals surface area contributed by atoms with Gasteiger partial charge < -0.3 is 49.0 Å². The highest BCUT2D eigenvalue weighted by molar-refractivity contribution is 6.11. The topological polar surface area (TPSA) is 191 Å².